The summed E-state index contributed by atoms with van der Waals surface area (Å²) in [5.74, 6) is 1.59. The Balaban J connectivity index is 2.92. The van der Waals surface area contributed by atoms with E-state index in [2.05, 4.69) is 40.3 Å². The van der Waals surface area contributed by atoms with Gasteiger partial charge in [0.25, 0.3) is 0 Å². The van der Waals surface area contributed by atoms with Crippen LogP contribution in [0, 0.1) is 0 Å². The van der Waals surface area contributed by atoms with Crippen molar-refractivity contribution in [2.45, 2.75) is 46.8 Å². The zero-order valence-corrected chi connectivity index (χ0v) is 13.8. The van der Waals surface area contributed by atoms with Gasteiger partial charge in [0.2, 0.25) is 0 Å². The third-order valence-corrected chi connectivity index (χ3v) is 3.07. The summed E-state index contributed by atoms with van der Waals surface area (Å²) in [7, 11) is 0. The van der Waals surface area contributed by atoms with Gasteiger partial charge in [-0.25, -0.2) is 0 Å². The molecule has 0 aliphatic rings. The van der Waals surface area contributed by atoms with Crippen molar-refractivity contribution in [2.75, 3.05) is 13.2 Å². The summed E-state index contributed by atoms with van der Waals surface area (Å²) in [6, 6.07) is 4.14. The highest BCUT2D eigenvalue weighted by Gasteiger charge is 2.13. The molecule has 0 bridgehead atoms. The van der Waals surface area contributed by atoms with E-state index in [1.54, 1.807) is 0 Å². The minimum Gasteiger partial charge on any atom is -0.490 e. The van der Waals surface area contributed by atoms with Crippen LogP contribution >= 0.6 is 15.9 Å². The number of hydrogen-bond acceptors (Lipinski definition) is 3. The van der Waals surface area contributed by atoms with E-state index < -0.39 is 0 Å². The molecule has 1 aromatic carbocycles. The molecule has 0 radical (unpaired) electrons. The molecule has 19 heavy (non-hydrogen) atoms. The van der Waals surface area contributed by atoms with Crippen LogP contribution in [0.2, 0.25) is 0 Å². The van der Waals surface area contributed by atoms with Gasteiger partial charge in [0.05, 0.1) is 17.2 Å². The van der Waals surface area contributed by atoms with Crippen molar-refractivity contribution in [3.63, 3.8) is 0 Å². The minimum absolute atomic E-state index is 0.125. The first-order valence-corrected chi connectivity index (χ1v) is 7.70. The van der Waals surface area contributed by atoms with E-state index in [1.165, 1.54) is 5.56 Å². The lowest BCUT2D eigenvalue weighted by molar-refractivity contribution is 0.222. The molecule has 4 heteroatoms. The average molecular weight is 330 g/mol. The molecular weight excluding hydrogens is 306 g/mol. The van der Waals surface area contributed by atoms with Crippen LogP contribution in [0.5, 0.6) is 11.5 Å². The molecule has 0 saturated carbocycles. The number of nitrogens with one attached hydrogen (secondary N) is 1. The van der Waals surface area contributed by atoms with Crippen molar-refractivity contribution in [1.29, 1.82) is 0 Å². The van der Waals surface area contributed by atoms with Gasteiger partial charge in [0.1, 0.15) is 0 Å². The minimum atomic E-state index is 0.125. The third-order valence-electron chi connectivity index (χ3n) is 2.48. The molecule has 1 N–H and O–H groups in total. The topological polar surface area (TPSA) is 30.5 Å². The van der Waals surface area contributed by atoms with Crippen LogP contribution < -0.4 is 14.8 Å². The Labute approximate surface area is 124 Å². The Kier molecular flexibility index (Phi) is 7.24. The van der Waals surface area contributed by atoms with E-state index in [0.717, 1.165) is 35.5 Å². The normalized spacial score (nSPS) is 10.8. The van der Waals surface area contributed by atoms with Crippen molar-refractivity contribution in [3.8, 4) is 11.5 Å². The predicted molar refractivity (Wildman–Crippen MR) is 83.1 cm³/mol. The van der Waals surface area contributed by atoms with E-state index in [9.17, 15) is 0 Å². The van der Waals surface area contributed by atoms with Gasteiger partial charge in [-0.05, 0) is 67.4 Å². The second-order valence-electron chi connectivity index (χ2n) is 4.68. The summed E-state index contributed by atoms with van der Waals surface area (Å²) in [6.07, 6.45) is 1.26. The van der Waals surface area contributed by atoms with Crippen LogP contribution in [0.15, 0.2) is 16.6 Å². The van der Waals surface area contributed by atoms with E-state index >= 15 is 0 Å². The van der Waals surface area contributed by atoms with Crippen LogP contribution in [-0.2, 0) is 6.54 Å². The van der Waals surface area contributed by atoms with Crippen LogP contribution in [-0.4, -0.2) is 19.3 Å². The zero-order valence-electron chi connectivity index (χ0n) is 12.3. The Morgan fingerprint density at radius 2 is 2.00 bits per heavy atom. The van der Waals surface area contributed by atoms with Gasteiger partial charge in [-0.3, -0.25) is 0 Å². The fourth-order valence-corrected chi connectivity index (χ4v) is 2.33. The first-order chi connectivity index (χ1) is 9.08. The number of benzene rings is 1. The molecule has 0 aromatic heterocycles. The van der Waals surface area contributed by atoms with Crippen LogP contribution in [0.1, 0.15) is 39.7 Å². The number of ether oxygens (including phenoxy) is 2. The molecule has 3 nitrogen and oxygen atoms in total. The lowest BCUT2D eigenvalue weighted by Gasteiger charge is -2.17. The summed E-state index contributed by atoms with van der Waals surface area (Å²) in [6.45, 7) is 10.7. The molecule has 0 aliphatic heterocycles. The summed E-state index contributed by atoms with van der Waals surface area (Å²) < 4.78 is 12.4. The highest BCUT2D eigenvalue weighted by Crippen LogP contribution is 2.37. The molecule has 1 rings (SSSR count). The zero-order chi connectivity index (χ0) is 14.3. The van der Waals surface area contributed by atoms with Crippen molar-refractivity contribution >= 4 is 15.9 Å². The number of hydrogen-bond donors (Lipinski definition) is 1. The second-order valence-corrected chi connectivity index (χ2v) is 5.54. The third kappa shape index (κ3) is 5.41. The first kappa shape index (κ1) is 16.3. The molecule has 108 valence electrons. The highest BCUT2D eigenvalue weighted by atomic mass is 79.9. The molecule has 0 unspecified atom stereocenters. The largest absolute Gasteiger partial charge is 0.490 e. The van der Waals surface area contributed by atoms with Gasteiger partial charge >= 0.3 is 0 Å². The summed E-state index contributed by atoms with van der Waals surface area (Å²) in [4.78, 5) is 0. The van der Waals surface area contributed by atoms with Crippen LogP contribution in [0.3, 0.4) is 0 Å². The molecule has 0 atom stereocenters. The fourth-order valence-electron chi connectivity index (χ4n) is 1.75. The smallest absolute Gasteiger partial charge is 0.175 e. The Bertz CT molecular complexity index is 394. The Morgan fingerprint density at radius 1 is 1.26 bits per heavy atom. The average Bonchev–Trinajstić information content (AvgIpc) is 2.34. The SMILES string of the molecule is CCCNCc1cc(Br)c(OC(C)C)c(OCC)c1. The molecule has 0 amide bonds. The van der Waals surface area contributed by atoms with E-state index in [-0.39, 0.29) is 6.10 Å². The summed E-state index contributed by atoms with van der Waals surface area (Å²) >= 11 is 3.57. The lowest BCUT2D eigenvalue weighted by Crippen LogP contribution is -2.14. The fraction of sp³-hybridized carbons (Fsp3) is 0.600. The van der Waals surface area contributed by atoms with Crippen molar-refractivity contribution in [1.82, 2.24) is 5.32 Å². The van der Waals surface area contributed by atoms with Gasteiger partial charge in [-0.15, -0.1) is 0 Å². The molecule has 0 spiro atoms. The first-order valence-electron chi connectivity index (χ1n) is 6.91. The van der Waals surface area contributed by atoms with E-state index in [1.807, 2.05) is 20.8 Å². The lowest BCUT2D eigenvalue weighted by atomic mass is 10.2. The Morgan fingerprint density at radius 3 is 2.58 bits per heavy atom. The van der Waals surface area contributed by atoms with Crippen molar-refractivity contribution < 1.29 is 9.47 Å². The molecule has 0 fully saturated rings. The highest BCUT2D eigenvalue weighted by molar-refractivity contribution is 9.10. The van der Waals surface area contributed by atoms with Gasteiger partial charge in [-0.1, -0.05) is 6.92 Å². The molecule has 0 heterocycles. The van der Waals surface area contributed by atoms with Crippen LogP contribution in [0.25, 0.3) is 0 Å². The summed E-state index contributed by atoms with van der Waals surface area (Å²) in [5, 5.41) is 3.39. The van der Waals surface area contributed by atoms with Crippen LogP contribution in [0.4, 0.5) is 0 Å². The van der Waals surface area contributed by atoms with Crippen molar-refractivity contribution in [2.24, 2.45) is 0 Å². The molecule has 0 saturated heterocycles. The number of rotatable bonds is 8. The van der Waals surface area contributed by atoms with Gasteiger partial charge in [0, 0.05) is 6.54 Å². The monoisotopic (exact) mass is 329 g/mol. The van der Waals surface area contributed by atoms with Gasteiger partial charge in [0.15, 0.2) is 11.5 Å². The van der Waals surface area contributed by atoms with Gasteiger partial charge < -0.3 is 14.8 Å². The standard InChI is InChI=1S/C15H24BrNO2/c1-5-7-17-10-12-8-13(16)15(19-11(3)4)14(9-12)18-6-2/h8-9,11,17H,5-7,10H2,1-4H3. The Hall–Kier alpha value is -0.740. The maximum Gasteiger partial charge on any atom is 0.175 e. The molecule has 1 aromatic rings. The van der Waals surface area contributed by atoms with E-state index in [0.29, 0.717) is 6.61 Å². The van der Waals surface area contributed by atoms with E-state index in [4.69, 9.17) is 9.47 Å². The number of halogens is 1. The maximum atomic E-state index is 5.82. The van der Waals surface area contributed by atoms with Gasteiger partial charge in [-0.2, -0.15) is 0 Å². The predicted octanol–water partition coefficient (Wildman–Crippen LogP) is 4.13. The summed E-state index contributed by atoms with van der Waals surface area (Å²) in [5.41, 5.74) is 1.19. The quantitative estimate of drug-likeness (QED) is 0.727. The maximum absolute atomic E-state index is 5.82. The molecule has 0 aliphatic carbocycles. The second kappa shape index (κ2) is 8.43. The molecular formula is C15H24BrNO2. The van der Waals surface area contributed by atoms with Crippen molar-refractivity contribution in [3.05, 3.63) is 22.2 Å².